The molecule has 0 unspecified atom stereocenters. The number of amides is 1. The van der Waals surface area contributed by atoms with Gasteiger partial charge in [0.1, 0.15) is 11.4 Å². The molecule has 0 spiro atoms. The summed E-state index contributed by atoms with van der Waals surface area (Å²) in [7, 11) is 1.67. The molecule has 1 aromatic carbocycles. The second-order valence-corrected chi connectivity index (χ2v) is 6.44. The van der Waals surface area contributed by atoms with E-state index in [2.05, 4.69) is 28.4 Å². The summed E-state index contributed by atoms with van der Waals surface area (Å²) >= 11 is 0. The molecule has 2 heterocycles. The molecular formula is C19H21N3O2. The first-order valence-corrected chi connectivity index (χ1v) is 8.42. The Morgan fingerprint density at radius 2 is 2.08 bits per heavy atom. The van der Waals surface area contributed by atoms with E-state index in [0.29, 0.717) is 18.2 Å². The third-order valence-corrected chi connectivity index (χ3v) is 4.79. The van der Waals surface area contributed by atoms with E-state index in [0.717, 1.165) is 24.4 Å². The molecule has 1 aliphatic carbocycles. The molecule has 1 amide bonds. The number of aromatic amines is 1. The minimum Gasteiger partial charge on any atom is -0.497 e. The summed E-state index contributed by atoms with van der Waals surface area (Å²) in [4.78, 5) is 14.4. The van der Waals surface area contributed by atoms with Crippen molar-refractivity contribution in [2.45, 2.75) is 25.2 Å². The maximum absolute atomic E-state index is 12.6. The predicted octanol–water partition coefficient (Wildman–Crippen LogP) is 3.23. The number of ether oxygens (including phenoxy) is 1. The first kappa shape index (κ1) is 15.0. The molecule has 0 bridgehead atoms. The van der Waals surface area contributed by atoms with Gasteiger partial charge in [-0.05, 0) is 48.6 Å². The lowest BCUT2D eigenvalue weighted by atomic mass is 9.99. The van der Waals surface area contributed by atoms with Crippen molar-refractivity contribution in [3.8, 4) is 5.75 Å². The molecule has 5 heteroatoms. The number of hydrogen-bond donors (Lipinski definition) is 1. The zero-order valence-electron chi connectivity index (χ0n) is 13.8. The Hall–Kier alpha value is -2.56. The summed E-state index contributed by atoms with van der Waals surface area (Å²) in [5, 5.41) is 7.21. The topological polar surface area (TPSA) is 58.2 Å². The molecule has 1 aromatic heterocycles. The van der Waals surface area contributed by atoms with Gasteiger partial charge in [0.15, 0.2) is 0 Å². The lowest BCUT2D eigenvalue weighted by molar-refractivity contribution is 0.0767. The predicted molar refractivity (Wildman–Crippen MR) is 92.1 cm³/mol. The van der Waals surface area contributed by atoms with Crippen molar-refractivity contribution >= 4 is 11.5 Å². The molecule has 2 aromatic rings. The van der Waals surface area contributed by atoms with Gasteiger partial charge < -0.3 is 9.64 Å². The van der Waals surface area contributed by atoms with E-state index in [1.54, 1.807) is 7.11 Å². The molecule has 1 saturated carbocycles. The van der Waals surface area contributed by atoms with Crippen LogP contribution in [0.2, 0.25) is 0 Å². The van der Waals surface area contributed by atoms with E-state index in [4.69, 9.17) is 4.74 Å². The second-order valence-electron chi connectivity index (χ2n) is 6.44. The second kappa shape index (κ2) is 6.15. The van der Waals surface area contributed by atoms with Crippen LogP contribution in [0.15, 0.2) is 36.4 Å². The highest BCUT2D eigenvalue weighted by Crippen LogP contribution is 2.39. The van der Waals surface area contributed by atoms with Crippen molar-refractivity contribution in [3.63, 3.8) is 0 Å². The Morgan fingerprint density at radius 3 is 2.71 bits per heavy atom. The van der Waals surface area contributed by atoms with Crippen LogP contribution in [0.5, 0.6) is 5.75 Å². The van der Waals surface area contributed by atoms with Crippen LogP contribution in [0.25, 0.3) is 5.57 Å². The lowest BCUT2D eigenvalue weighted by Crippen LogP contribution is -2.34. The fraction of sp³-hybridized carbons (Fsp3) is 0.368. The molecule has 1 fully saturated rings. The number of rotatable bonds is 4. The number of carbonyl (C=O) groups excluding carboxylic acids is 1. The van der Waals surface area contributed by atoms with Gasteiger partial charge in [-0.1, -0.05) is 18.2 Å². The average Bonchev–Trinajstić information content (AvgIpc) is 3.38. The van der Waals surface area contributed by atoms with Gasteiger partial charge in [-0.25, -0.2) is 0 Å². The summed E-state index contributed by atoms with van der Waals surface area (Å²) < 4.78 is 5.19. The highest BCUT2D eigenvalue weighted by Gasteiger charge is 2.28. The zero-order valence-corrected chi connectivity index (χ0v) is 13.8. The summed E-state index contributed by atoms with van der Waals surface area (Å²) in [5.41, 5.74) is 4.11. The van der Waals surface area contributed by atoms with Gasteiger partial charge in [0.25, 0.3) is 5.91 Å². The molecule has 2 aliphatic rings. The van der Waals surface area contributed by atoms with Crippen LogP contribution in [0.4, 0.5) is 0 Å². The molecule has 1 N–H and O–H groups in total. The molecule has 24 heavy (non-hydrogen) atoms. The maximum Gasteiger partial charge on any atom is 0.274 e. The molecule has 0 saturated heterocycles. The van der Waals surface area contributed by atoms with E-state index in [1.807, 2.05) is 23.1 Å². The van der Waals surface area contributed by atoms with Crippen LogP contribution >= 0.6 is 0 Å². The number of nitrogens with zero attached hydrogens (tertiary/aromatic N) is 2. The maximum atomic E-state index is 12.6. The van der Waals surface area contributed by atoms with Crippen molar-refractivity contribution in [2.24, 2.45) is 0 Å². The summed E-state index contributed by atoms with van der Waals surface area (Å²) in [5.74, 6) is 1.46. The third-order valence-electron chi connectivity index (χ3n) is 4.79. The first-order chi connectivity index (χ1) is 11.7. The van der Waals surface area contributed by atoms with Crippen molar-refractivity contribution in [1.29, 1.82) is 0 Å². The number of benzene rings is 1. The van der Waals surface area contributed by atoms with Crippen LogP contribution in [0.1, 0.15) is 46.9 Å². The Bertz CT molecular complexity index is 772. The van der Waals surface area contributed by atoms with E-state index < -0.39 is 0 Å². The van der Waals surface area contributed by atoms with Crippen LogP contribution in [-0.2, 0) is 0 Å². The number of methoxy groups -OCH3 is 1. The standard InChI is InChI=1S/C19H21N3O2/c1-24-16-6-4-13(5-7-16)14-8-10-22(11-9-14)19(23)18-12-17(20-21-18)15-2-3-15/h4-8,12,15H,2-3,9-11H2,1H3,(H,20,21). The quantitative estimate of drug-likeness (QED) is 0.940. The van der Waals surface area contributed by atoms with Gasteiger partial charge in [0.2, 0.25) is 0 Å². The highest BCUT2D eigenvalue weighted by molar-refractivity contribution is 5.93. The smallest absolute Gasteiger partial charge is 0.274 e. The van der Waals surface area contributed by atoms with Gasteiger partial charge in [0, 0.05) is 24.7 Å². The normalized spacial score (nSPS) is 17.5. The van der Waals surface area contributed by atoms with Crippen molar-refractivity contribution in [2.75, 3.05) is 20.2 Å². The molecule has 0 atom stereocenters. The number of aromatic nitrogens is 2. The Kier molecular flexibility index (Phi) is 3.84. The summed E-state index contributed by atoms with van der Waals surface area (Å²) in [6.45, 7) is 1.36. The fourth-order valence-corrected chi connectivity index (χ4v) is 3.13. The van der Waals surface area contributed by atoms with E-state index >= 15 is 0 Å². The van der Waals surface area contributed by atoms with Crippen molar-refractivity contribution < 1.29 is 9.53 Å². The van der Waals surface area contributed by atoms with E-state index in [9.17, 15) is 4.79 Å². The van der Waals surface area contributed by atoms with Crippen LogP contribution in [-0.4, -0.2) is 41.2 Å². The van der Waals surface area contributed by atoms with Gasteiger partial charge in [-0.15, -0.1) is 0 Å². The monoisotopic (exact) mass is 323 g/mol. The zero-order chi connectivity index (χ0) is 16.5. The van der Waals surface area contributed by atoms with Gasteiger partial charge in [0.05, 0.1) is 7.11 Å². The Morgan fingerprint density at radius 1 is 1.29 bits per heavy atom. The highest BCUT2D eigenvalue weighted by atomic mass is 16.5. The van der Waals surface area contributed by atoms with E-state index in [-0.39, 0.29) is 5.91 Å². The number of hydrogen-bond acceptors (Lipinski definition) is 3. The van der Waals surface area contributed by atoms with E-state index in [1.165, 1.54) is 24.0 Å². The minimum atomic E-state index is 0.0168. The molecular weight excluding hydrogens is 302 g/mol. The number of carbonyl (C=O) groups is 1. The third kappa shape index (κ3) is 2.94. The minimum absolute atomic E-state index is 0.0168. The van der Waals surface area contributed by atoms with Crippen molar-refractivity contribution in [1.82, 2.24) is 15.1 Å². The Balaban J connectivity index is 1.43. The van der Waals surface area contributed by atoms with Crippen LogP contribution < -0.4 is 4.74 Å². The van der Waals surface area contributed by atoms with Gasteiger partial charge in [-0.2, -0.15) is 5.10 Å². The number of nitrogens with one attached hydrogen (secondary N) is 1. The van der Waals surface area contributed by atoms with Gasteiger partial charge >= 0.3 is 0 Å². The molecule has 124 valence electrons. The van der Waals surface area contributed by atoms with Crippen LogP contribution in [0.3, 0.4) is 0 Å². The van der Waals surface area contributed by atoms with Gasteiger partial charge in [-0.3, -0.25) is 9.89 Å². The Labute approximate surface area is 141 Å². The molecule has 0 radical (unpaired) electrons. The SMILES string of the molecule is COc1ccc(C2=CCN(C(=O)c3cc(C4CC4)[nH]n3)CC2)cc1. The van der Waals surface area contributed by atoms with Crippen LogP contribution in [0, 0.1) is 0 Å². The average molecular weight is 323 g/mol. The molecule has 4 rings (SSSR count). The summed E-state index contributed by atoms with van der Waals surface area (Å²) in [6, 6.07) is 9.99. The van der Waals surface area contributed by atoms with Crippen molar-refractivity contribution in [3.05, 3.63) is 53.4 Å². The fourth-order valence-electron chi connectivity index (χ4n) is 3.13. The molecule has 1 aliphatic heterocycles. The first-order valence-electron chi connectivity index (χ1n) is 8.42. The largest absolute Gasteiger partial charge is 0.497 e. The lowest BCUT2D eigenvalue weighted by Gasteiger charge is -2.26. The summed E-state index contributed by atoms with van der Waals surface area (Å²) in [6.07, 6.45) is 5.40. The molecule has 5 nitrogen and oxygen atoms in total. The number of H-pyrrole nitrogens is 1.